The topological polar surface area (TPSA) is 72.9 Å². The van der Waals surface area contributed by atoms with Crippen LogP contribution >= 0.6 is 0 Å². The number of ether oxygens (including phenoxy) is 1. The van der Waals surface area contributed by atoms with Crippen LogP contribution in [0.4, 0.5) is 4.79 Å². The third kappa shape index (κ3) is 4.82. The number of benzene rings is 1. The highest BCUT2D eigenvalue weighted by Crippen LogP contribution is 2.16. The van der Waals surface area contributed by atoms with Gasteiger partial charge in [-0.05, 0) is 39.8 Å². The van der Waals surface area contributed by atoms with E-state index in [0.29, 0.717) is 5.06 Å². The smallest absolute Gasteiger partial charge is 0.435 e. The van der Waals surface area contributed by atoms with Crippen LogP contribution in [0.5, 0.6) is 0 Å². The molecule has 0 unspecified atom stereocenters. The summed E-state index contributed by atoms with van der Waals surface area (Å²) in [5.74, 6) is 0. The van der Waals surface area contributed by atoms with Crippen LogP contribution in [0.3, 0.4) is 0 Å². The van der Waals surface area contributed by atoms with Crippen LogP contribution in [0.15, 0.2) is 29.2 Å². The van der Waals surface area contributed by atoms with E-state index in [4.69, 9.17) is 9.02 Å². The lowest BCUT2D eigenvalue weighted by Crippen LogP contribution is -2.35. The van der Waals surface area contributed by atoms with E-state index in [1.54, 1.807) is 32.9 Å². The number of hydrogen-bond donors (Lipinski definition) is 0. The third-order valence-corrected chi connectivity index (χ3v) is 3.44. The van der Waals surface area contributed by atoms with Gasteiger partial charge in [0.1, 0.15) is 5.60 Å². The maximum Gasteiger partial charge on any atom is 0.435 e. The Bertz CT molecular complexity index is 572. The summed E-state index contributed by atoms with van der Waals surface area (Å²) >= 11 is 0. The summed E-state index contributed by atoms with van der Waals surface area (Å²) in [5, 5.41) is 0.556. The van der Waals surface area contributed by atoms with Crippen molar-refractivity contribution in [3.8, 4) is 0 Å². The Kier molecular flexibility index (Phi) is 4.77. The first-order valence-corrected chi connectivity index (χ1v) is 7.40. The summed E-state index contributed by atoms with van der Waals surface area (Å²) in [6.45, 7) is 6.86. The van der Waals surface area contributed by atoms with E-state index in [9.17, 15) is 13.2 Å². The van der Waals surface area contributed by atoms with Crippen LogP contribution in [0.2, 0.25) is 0 Å². The predicted octanol–water partition coefficient (Wildman–Crippen LogP) is 2.48. The summed E-state index contributed by atoms with van der Waals surface area (Å²) in [7, 11) is -2.87. The van der Waals surface area contributed by atoms with Gasteiger partial charge in [0.15, 0.2) is 0 Å². The number of aryl methyl sites for hydroxylation is 1. The summed E-state index contributed by atoms with van der Waals surface area (Å²) in [6.07, 6.45) is -0.881. The fraction of sp³-hybridized carbons (Fsp3) is 0.462. The van der Waals surface area contributed by atoms with E-state index in [2.05, 4.69) is 0 Å². The Hall–Kier alpha value is -1.60. The molecule has 1 aromatic carbocycles. The molecule has 0 radical (unpaired) electrons. The van der Waals surface area contributed by atoms with E-state index in [0.717, 1.165) is 5.56 Å². The molecule has 0 aliphatic carbocycles. The standard InChI is InChI=1S/C13H19NO5S/c1-10-6-8-11(9-7-10)20(16,17)19-14(5)12(15)18-13(2,3)4/h6-9H,1-5H3. The minimum absolute atomic E-state index is 0.0292. The number of nitrogens with zero attached hydrogens (tertiary/aromatic N) is 1. The zero-order chi connectivity index (χ0) is 15.6. The Labute approximate surface area is 119 Å². The number of carbonyl (C=O) groups excluding carboxylic acids is 1. The van der Waals surface area contributed by atoms with Gasteiger partial charge in [0.05, 0.1) is 4.90 Å². The zero-order valence-corrected chi connectivity index (χ0v) is 13.0. The van der Waals surface area contributed by atoms with Gasteiger partial charge >= 0.3 is 16.2 Å². The third-order valence-electron chi connectivity index (χ3n) is 2.17. The molecule has 0 fully saturated rings. The maximum absolute atomic E-state index is 12.0. The first kappa shape index (κ1) is 16.5. The number of hydroxylamine groups is 2. The number of amides is 1. The fourth-order valence-corrected chi connectivity index (χ4v) is 2.16. The van der Waals surface area contributed by atoms with Gasteiger partial charge in [0.2, 0.25) is 0 Å². The SMILES string of the molecule is Cc1ccc(S(=O)(=O)ON(C)C(=O)OC(C)(C)C)cc1. The van der Waals surface area contributed by atoms with Crippen molar-refractivity contribution < 1.29 is 22.2 Å². The molecule has 1 amide bonds. The van der Waals surface area contributed by atoms with Crippen LogP contribution in [0, 0.1) is 6.92 Å². The largest absolute Gasteiger partial charge is 0.442 e. The highest BCUT2D eigenvalue weighted by Gasteiger charge is 2.25. The lowest BCUT2D eigenvalue weighted by molar-refractivity contribution is -0.0526. The van der Waals surface area contributed by atoms with Crippen molar-refractivity contribution in [3.05, 3.63) is 29.8 Å². The molecule has 0 spiro atoms. The van der Waals surface area contributed by atoms with Crippen LogP contribution in [-0.2, 0) is 19.1 Å². The van der Waals surface area contributed by atoms with Gasteiger partial charge in [-0.3, -0.25) is 0 Å². The summed E-state index contributed by atoms with van der Waals surface area (Å²) in [5.41, 5.74) is 0.187. The lowest BCUT2D eigenvalue weighted by atomic mass is 10.2. The first-order valence-electron chi connectivity index (χ1n) is 5.99. The highest BCUT2D eigenvalue weighted by atomic mass is 32.2. The highest BCUT2D eigenvalue weighted by molar-refractivity contribution is 7.86. The molecule has 0 aliphatic heterocycles. The van der Waals surface area contributed by atoms with Crippen LogP contribution in [-0.4, -0.2) is 32.2 Å². The number of rotatable bonds is 3. The van der Waals surface area contributed by atoms with Gasteiger partial charge in [-0.25, -0.2) is 4.79 Å². The molecular weight excluding hydrogens is 282 g/mol. The molecule has 0 bridgehead atoms. The normalized spacial score (nSPS) is 12.1. The predicted molar refractivity (Wildman–Crippen MR) is 73.4 cm³/mol. The van der Waals surface area contributed by atoms with Crippen molar-refractivity contribution in [1.82, 2.24) is 5.06 Å². The zero-order valence-electron chi connectivity index (χ0n) is 12.2. The molecule has 0 saturated heterocycles. The summed E-state index contributed by atoms with van der Waals surface area (Å²) < 4.78 is 33.6. The average Bonchev–Trinajstić information content (AvgIpc) is 2.26. The maximum atomic E-state index is 12.0. The molecule has 6 nitrogen and oxygen atoms in total. The first-order chi connectivity index (χ1) is 9.01. The van der Waals surface area contributed by atoms with Gasteiger partial charge in [-0.2, -0.15) is 13.5 Å². The van der Waals surface area contributed by atoms with Crippen molar-refractivity contribution in [2.75, 3.05) is 7.05 Å². The minimum atomic E-state index is -4.05. The second-order valence-electron chi connectivity index (χ2n) is 5.32. The Morgan fingerprint density at radius 1 is 1.15 bits per heavy atom. The van der Waals surface area contributed by atoms with Gasteiger partial charge in [-0.1, -0.05) is 17.7 Å². The van der Waals surface area contributed by atoms with Crippen LogP contribution < -0.4 is 0 Å². The van der Waals surface area contributed by atoms with Gasteiger partial charge in [-0.15, -0.1) is 4.28 Å². The molecule has 20 heavy (non-hydrogen) atoms. The fourth-order valence-electron chi connectivity index (χ4n) is 1.25. The summed E-state index contributed by atoms with van der Waals surface area (Å²) in [4.78, 5) is 11.6. The molecule has 1 rings (SSSR count). The summed E-state index contributed by atoms with van der Waals surface area (Å²) in [6, 6.07) is 6.11. The second kappa shape index (κ2) is 5.80. The number of hydrogen-bond acceptors (Lipinski definition) is 5. The monoisotopic (exact) mass is 301 g/mol. The van der Waals surface area contributed by atoms with Crippen LogP contribution in [0.1, 0.15) is 26.3 Å². The van der Waals surface area contributed by atoms with Gasteiger partial charge < -0.3 is 4.74 Å². The average molecular weight is 301 g/mol. The molecule has 0 aromatic heterocycles. The molecule has 0 saturated carbocycles. The molecule has 1 aromatic rings. The van der Waals surface area contributed by atoms with Gasteiger partial charge in [0, 0.05) is 7.05 Å². The molecule has 112 valence electrons. The van der Waals surface area contributed by atoms with E-state index in [1.807, 2.05) is 6.92 Å². The molecular formula is C13H19NO5S. The van der Waals surface area contributed by atoms with Crippen molar-refractivity contribution in [2.45, 2.75) is 38.2 Å². The number of carbonyl (C=O) groups is 1. The van der Waals surface area contributed by atoms with Crippen LogP contribution in [0.25, 0.3) is 0 Å². The molecule has 0 heterocycles. The second-order valence-corrected chi connectivity index (χ2v) is 6.85. The van der Waals surface area contributed by atoms with E-state index < -0.39 is 21.8 Å². The molecule has 7 heteroatoms. The Morgan fingerprint density at radius 3 is 2.10 bits per heavy atom. The van der Waals surface area contributed by atoms with Crippen molar-refractivity contribution in [3.63, 3.8) is 0 Å². The van der Waals surface area contributed by atoms with Crippen molar-refractivity contribution in [1.29, 1.82) is 0 Å². The molecule has 0 N–H and O–H groups in total. The van der Waals surface area contributed by atoms with E-state index in [-0.39, 0.29) is 4.90 Å². The quantitative estimate of drug-likeness (QED) is 0.802. The van der Waals surface area contributed by atoms with E-state index in [1.165, 1.54) is 19.2 Å². The Morgan fingerprint density at radius 2 is 1.65 bits per heavy atom. The van der Waals surface area contributed by atoms with E-state index >= 15 is 0 Å². The van der Waals surface area contributed by atoms with Crippen molar-refractivity contribution >= 4 is 16.2 Å². The lowest BCUT2D eigenvalue weighted by Gasteiger charge is -2.23. The van der Waals surface area contributed by atoms with Gasteiger partial charge in [0.25, 0.3) is 0 Å². The molecule has 0 aliphatic rings. The van der Waals surface area contributed by atoms with Crippen molar-refractivity contribution in [2.24, 2.45) is 0 Å². The molecule has 0 atom stereocenters. The Balaban J connectivity index is 2.81. The minimum Gasteiger partial charge on any atom is -0.442 e.